The molecule has 6 aromatic rings. The summed E-state index contributed by atoms with van der Waals surface area (Å²) in [4.78, 5) is 12.6. The molecule has 49 heavy (non-hydrogen) atoms. The summed E-state index contributed by atoms with van der Waals surface area (Å²) in [5, 5.41) is 5.47. The van der Waals surface area contributed by atoms with Crippen LogP contribution in [0.15, 0.2) is 146 Å². The predicted octanol–water partition coefficient (Wildman–Crippen LogP) is 8.14. The molecule has 0 amide bonds. The van der Waals surface area contributed by atoms with Gasteiger partial charge in [-0.25, -0.2) is 4.79 Å². The molecule has 0 N–H and O–H groups in total. The third kappa shape index (κ3) is 5.59. The number of aromatic nitrogens is 2. The standard InChI is InChI=1S/C42H39BN2O4/c1-40(2)41(3,4)49-43(48-40)37-29-45(44-38(37)31-27-25-30(26-28-31)35-23-15-16-24-36(35)39(46)47-5)42(32-17-9-6-10-18-32,33-19-11-7-12-20-33)34-21-13-8-14-22-34/h6-29H,1-5H3. The van der Waals surface area contributed by atoms with E-state index in [4.69, 9.17) is 19.1 Å². The van der Waals surface area contributed by atoms with Gasteiger partial charge in [-0.3, -0.25) is 4.68 Å². The van der Waals surface area contributed by atoms with Gasteiger partial charge in [-0.1, -0.05) is 133 Å². The van der Waals surface area contributed by atoms with Crippen LogP contribution in [0.5, 0.6) is 0 Å². The van der Waals surface area contributed by atoms with Crippen LogP contribution in [-0.4, -0.2) is 41.2 Å². The maximum Gasteiger partial charge on any atom is 0.498 e. The van der Waals surface area contributed by atoms with Gasteiger partial charge in [0.2, 0.25) is 0 Å². The third-order valence-corrected chi connectivity index (χ3v) is 9.97. The van der Waals surface area contributed by atoms with Crippen molar-refractivity contribution in [2.45, 2.75) is 44.4 Å². The van der Waals surface area contributed by atoms with E-state index < -0.39 is 23.9 Å². The van der Waals surface area contributed by atoms with E-state index in [1.165, 1.54) is 7.11 Å². The first-order chi connectivity index (χ1) is 23.7. The minimum absolute atomic E-state index is 0.374. The minimum Gasteiger partial charge on any atom is -0.465 e. The van der Waals surface area contributed by atoms with Crippen LogP contribution >= 0.6 is 0 Å². The molecule has 1 fully saturated rings. The molecule has 2 heterocycles. The summed E-state index contributed by atoms with van der Waals surface area (Å²) in [5.41, 5.74) is 5.96. The van der Waals surface area contributed by atoms with Gasteiger partial charge in [0.25, 0.3) is 0 Å². The number of ether oxygens (including phenoxy) is 1. The van der Waals surface area contributed by atoms with E-state index in [0.717, 1.165) is 44.5 Å². The van der Waals surface area contributed by atoms with Crippen molar-refractivity contribution in [1.29, 1.82) is 0 Å². The van der Waals surface area contributed by atoms with Gasteiger partial charge in [0.1, 0.15) is 5.54 Å². The molecule has 5 aromatic carbocycles. The highest BCUT2D eigenvalue weighted by atomic mass is 16.7. The van der Waals surface area contributed by atoms with Crippen LogP contribution < -0.4 is 5.46 Å². The molecule has 244 valence electrons. The summed E-state index contributed by atoms with van der Waals surface area (Å²) in [6, 6.07) is 47.1. The Morgan fingerprint density at radius 2 is 1.10 bits per heavy atom. The Morgan fingerprint density at radius 1 is 0.653 bits per heavy atom. The summed E-state index contributed by atoms with van der Waals surface area (Å²) in [6.45, 7) is 8.25. The van der Waals surface area contributed by atoms with Crippen LogP contribution in [0.1, 0.15) is 54.7 Å². The molecule has 0 bridgehead atoms. The van der Waals surface area contributed by atoms with Crippen molar-refractivity contribution in [3.63, 3.8) is 0 Å². The smallest absolute Gasteiger partial charge is 0.465 e. The zero-order valence-electron chi connectivity index (χ0n) is 28.5. The average molecular weight is 647 g/mol. The molecular formula is C42H39BN2O4. The highest BCUT2D eigenvalue weighted by molar-refractivity contribution is 6.63. The first-order valence-electron chi connectivity index (χ1n) is 16.6. The van der Waals surface area contributed by atoms with Crippen LogP contribution in [0.4, 0.5) is 0 Å². The molecule has 7 rings (SSSR count). The fourth-order valence-corrected chi connectivity index (χ4v) is 6.69. The number of methoxy groups -OCH3 is 1. The lowest BCUT2D eigenvalue weighted by molar-refractivity contribution is 0.00578. The second kappa shape index (κ2) is 12.7. The second-order valence-corrected chi connectivity index (χ2v) is 13.4. The Balaban J connectivity index is 1.46. The Bertz CT molecular complexity index is 1960. The summed E-state index contributed by atoms with van der Waals surface area (Å²) >= 11 is 0. The number of hydrogen-bond donors (Lipinski definition) is 0. The molecule has 1 aromatic heterocycles. The molecule has 0 aliphatic carbocycles. The topological polar surface area (TPSA) is 62.6 Å². The van der Waals surface area contributed by atoms with Gasteiger partial charge in [0.05, 0.1) is 29.6 Å². The summed E-state index contributed by atoms with van der Waals surface area (Å²) in [7, 11) is 0.740. The van der Waals surface area contributed by atoms with Crippen LogP contribution in [-0.2, 0) is 19.6 Å². The molecule has 0 radical (unpaired) electrons. The van der Waals surface area contributed by atoms with Crippen molar-refractivity contribution in [2.75, 3.05) is 7.11 Å². The molecule has 0 unspecified atom stereocenters. The molecule has 1 aliphatic rings. The Hall–Kier alpha value is -5.24. The van der Waals surface area contributed by atoms with Gasteiger partial charge < -0.3 is 14.0 Å². The van der Waals surface area contributed by atoms with Gasteiger partial charge in [-0.15, -0.1) is 0 Å². The maximum absolute atomic E-state index is 12.6. The number of hydrogen-bond acceptors (Lipinski definition) is 5. The van der Waals surface area contributed by atoms with Crippen LogP contribution in [0.25, 0.3) is 22.4 Å². The Kier molecular flexibility index (Phi) is 8.35. The fraction of sp³-hybridized carbons (Fsp3) is 0.190. The highest BCUT2D eigenvalue weighted by Crippen LogP contribution is 2.42. The van der Waals surface area contributed by atoms with Gasteiger partial charge in [-0.05, 0) is 61.6 Å². The highest BCUT2D eigenvalue weighted by Gasteiger charge is 2.53. The van der Waals surface area contributed by atoms with E-state index in [-0.39, 0.29) is 5.97 Å². The lowest BCUT2D eigenvalue weighted by Crippen LogP contribution is -2.41. The number of rotatable bonds is 8. The first-order valence-corrected chi connectivity index (χ1v) is 16.6. The first kappa shape index (κ1) is 32.3. The van der Waals surface area contributed by atoms with Gasteiger partial charge >= 0.3 is 13.1 Å². The number of carbonyl (C=O) groups excluding carboxylic acids is 1. The molecule has 0 atom stereocenters. The SMILES string of the molecule is COC(=O)c1ccccc1-c1ccc(-c2nn(C(c3ccccc3)(c3ccccc3)c3ccccc3)cc2B2OC(C)(C)C(C)(C)O2)cc1. The third-order valence-electron chi connectivity index (χ3n) is 9.97. The summed E-state index contributed by atoms with van der Waals surface area (Å²) in [6.07, 6.45) is 2.09. The largest absolute Gasteiger partial charge is 0.498 e. The van der Waals surface area contributed by atoms with Gasteiger partial charge in [0, 0.05) is 17.2 Å². The Labute approximate surface area is 288 Å². The van der Waals surface area contributed by atoms with E-state index in [0.29, 0.717) is 5.56 Å². The quantitative estimate of drug-likeness (QED) is 0.0950. The molecule has 1 aliphatic heterocycles. The predicted molar refractivity (Wildman–Crippen MR) is 195 cm³/mol. The van der Waals surface area contributed by atoms with Crippen molar-refractivity contribution >= 4 is 18.6 Å². The van der Waals surface area contributed by atoms with E-state index >= 15 is 0 Å². The van der Waals surface area contributed by atoms with Gasteiger partial charge in [-0.2, -0.15) is 5.10 Å². The Morgan fingerprint density at radius 3 is 1.59 bits per heavy atom. The number of esters is 1. The average Bonchev–Trinajstić information content (AvgIpc) is 3.67. The van der Waals surface area contributed by atoms with Crippen LogP contribution in [0, 0.1) is 0 Å². The summed E-state index contributed by atoms with van der Waals surface area (Å²) in [5.74, 6) is -0.374. The van der Waals surface area contributed by atoms with Crippen LogP contribution in [0.2, 0.25) is 0 Å². The van der Waals surface area contributed by atoms with Crippen molar-refractivity contribution in [2.24, 2.45) is 0 Å². The monoisotopic (exact) mass is 646 g/mol. The lowest BCUT2D eigenvalue weighted by atomic mass is 9.76. The van der Waals surface area contributed by atoms with E-state index in [9.17, 15) is 4.79 Å². The molecule has 0 saturated carbocycles. The number of carbonyl (C=O) groups is 1. The van der Waals surface area contributed by atoms with E-state index in [2.05, 4.69) is 111 Å². The van der Waals surface area contributed by atoms with E-state index in [1.54, 1.807) is 6.07 Å². The normalized spacial score (nSPS) is 15.2. The summed E-state index contributed by atoms with van der Waals surface area (Å²) < 4.78 is 20.5. The molecule has 0 spiro atoms. The molecule has 1 saturated heterocycles. The zero-order chi connectivity index (χ0) is 34.2. The van der Waals surface area contributed by atoms with Crippen molar-refractivity contribution in [3.05, 3.63) is 168 Å². The zero-order valence-corrected chi connectivity index (χ0v) is 28.5. The van der Waals surface area contributed by atoms with E-state index in [1.807, 2.05) is 60.7 Å². The lowest BCUT2D eigenvalue weighted by Gasteiger charge is -2.36. The second-order valence-electron chi connectivity index (χ2n) is 13.4. The maximum atomic E-state index is 12.6. The molecular weight excluding hydrogens is 607 g/mol. The van der Waals surface area contributed by atoms with Crippen LogP contribution in [0.3, 0.4) is 0 Å². The minimum atomic E-state index is -0.820. The fourth-order valence-electron chi connectivity index (χ4n) is 6.69. The van der Waals surface area contributed by atoms with Gasteiger partial charge in [0.15, 0.2) is 0 Å². The van der Waals surface area contributed by atoms with Crippen molar-refractivity contribution < 1.29 is 18.8 Å². The van der Waals surface area contributed by atoms with Crippen molar-refractivity contribution in [3.8, 4) is 22.4 Å². The van der Waals surface area contributed by atoms with Crippen molar-refractivity contribution in [1.82, 2.24) is 9.78 Å². The molecule has 6 nitrogen and oxygen atoms in total. The number of benzene rings is 5. The number of nitrogens with zero attached hydrogens (tertiary/aromatic N) is 2. The molecule has 7 heteroatoms.